The molecule has 1 amide bonds. The average molecular weight is 174 g/mol. The summed E-state index contributed by atoms with van der Waals surface area (Å²) in [4.78, 5) is 10.1. The normalized spacial score (nSPS) is 12.5. The van der Waals surface area contributed by atoms with E-state index in [4.69, 9.17) is 11.5 Å². The van der Waals surface area contributed by atoms with Crippen LogP contribution in [-0.2, 0) is 4.74 Å². The number of carbonyl (C=O) groups is 1. The van der Waals surface area contributed by atoms with E-state index in [-0.39, 0.29) is 6.04 Å². The Labute approximate surface area is 73.2 Å². The molecule has 4 nitrogen and oxygen atoms in total. The van der Waals surface area contributed by atoms with Crippen molar-refractivity contribution in [2.75, 3.05) is 6.61 Å². The van der Waals surface area contributed by atoms with E-state index in [2.05, 4.69) is 11.7 Å². The topological polar surface area (TPSA) is 78.3 Å². The fraction of sp³-hybridized carbons (Fsp3) is 0.875. The first-order valence-corrected chi connectivity index (χ1v) is 4.34. The zero-order valence-corrected chi connectivity index (χ0v) is 7.58. The molecule has 4 heteroatoms. The van der Waals surface area contributed by atoms with Gasteiger partial charge in [0.15, 0.2) is 0 Å². The standard InChI is InChI=1S/C8H18N2O2/c1-2-7(9)5-3-4-6-12-8(10)11/h7H,2-6,9H2,1H3,(H2,10,11). The Morgan fingerprint density at radius 3 is 2.67 bits per heavy atom. The number of rotatable bonds is 6. The van der Waals surface area contributed by atoms with Crippen LogP contribution in [0.2, 0.25) is 0 Å². The number of hydrogen-bond donors (Lipinski definition) is 2. The molecule has 0 aromatic heterocycles. The maximum atomic E-state index is 10.1. The highest BCUT2D eigenvalue weighted by atomic mass is 16.5. The second-order valence-corrected chi connectivity index (χ2v) is 2.83. The number of amides is 1. The van der Waals surface area contributed by atoms with Gasteiger partial charge in [-0.25, -0.2) is 4.79 Å². The number of nitrogens with two attached hydrogens (primary N) is 2. The molecule has 0 heterocycles. The minimum Gasteiger partial charge on any atom is -0.450 e. The number of hydrogen-bond acceptors (Lipinski definition) is 3. The van der Waals surface area contributed by atoms with Gasteiger partial charge in [-0.05, 0) is 25.7 Å². The van der Waals surface area contributed by atoms with E-state index in [1.165, 1.54) is 0 Å². The summed E-state index contributed by atoms with van der Waals surface area (Å²) in [6, 6.07) is 0.276. The van der Waals surface area contributed by atoms with E-state index >= 15 is 0 Å². The van der Waals surface area contributed by atoms with E-state index in [1.54, 1.807) is 0 Å². The van der Waals surface area contributed by atoms with Crippen LogP contribution in [0.1, 0.15) is 32.6 Å². The Kier molecular flexibility index (Phi) is 6.47. The summed E-state index contributed by atoms with van der Waals surface area (Å²) in [5.41, 5.74) is 10.5. The van der Waals surface area contributed by atoms with Gasteiger partial charge in [0.1, 0.15) is 0 Å². The van der Waals surface area contributed by atoms with Gasteiger partial charge in [0.05, 0.1) is 6.61 Å². The average Bonchev–Trinajstić information content (AvgIpc) is 2.03. The lowest BCUT2D eigenvalue weighted by atomic mass is 10.1. The maximum absolute atomic E-state index is 10.1. The Morgan fingerprint density at radius 1 is 1.50 bits per heavy atom. The Bertz CT molecular complexity index is 128. The molecule has 0 aliphatic carbocycles. The van der Waals surface area contributed by atoms with Crippen LogP contribution in [0.4, 0.5) is 4.79 Å². The predicted molar refractivity (Wildman–Crippen MR) is 47.7 cm³/mol. The van der Waals surface area contributed by atoms with Gasteiger partial charge >= 0.3 is 6.09 Å². The Morgan fingerprint density at radius 2 is 2.17 bits per heavy atom. The van der Waals surface area contributed by atoms with Gasteiger partial charge in [-0.1, -0.05) is 6.92 Å². The third kappa shape index (κ3) is 7.34. The molecular weight excluding hydrogens is 156 g/mol. The molecule has 0 rings (SSSR count). The zero-order chi connectivity index (χ0) is 9.40. The molecule has 4 N–H and O–H groups in total. The van der Waals surface area contributed by atoms with E-state index in [9.17, 15) is 4.79 Å². The molecule has 0 radical (unpaired) electrons. The van der Waals surface area contributed by atoms with Crippen molar-refractivity contribution in [2.45, 2.75) is 38.6 Å². The van der Waals surface area contributed by atoms with Crippen LogP contribution in [-0.4, -0.2) is 18.7 Å². The van der Waals surface area contributed by atoms with Crippen molar-refractivity contribution in [3.05, 3.63) is 0 Å². The highest BCUT2D eigenvalue weighted by molar-refractivity contribution is 5.64. The van der Waals surface area contributed by atoms with Crippen molar-refractivity contribution >= 4 is 6.09 Å². The predicted octanol–water partition coefficient (Wildman–Crippen LogP) is 0.989. The fourth-order valence-corrected chi connectivity index (χ4v) is 0.885. The van der Waals surface area contributed by atoms with Crippen molar-refractivity contribution in [1.29, 1.82) is 0 Å². The molecule has 0 bridgehead atoms. The first kappa shape index (κ1) is 11.2. The first-order chi connectivity index (χ1) is 5.66. The van der Waals surface area contributed by atoms with Crippen molar-refractivity contribution < 1.29 is 9.53 Å². The first-order valence-electron chi connectivity index (χ1n) is 4.34. The van der Waals surface area contributed by atoms with Crippen LogP contribution >= 0.6 is 0 Å². The third-order valence-electron chi connectivity index (χ3n) is 1.74. The quantitative estimate of drug-likeness (QED) is 0.589. The lowest BCUT2D eigenvalue weighted by Crippen LogP contribution is -2.18. The Balaban J connectivity index is 3.05. The van der Waals surface area contributed by atoms with Crippen LogP contribution < -0.4 is 11.5 Å². The number of unbranched alkanes of at least 4 members (excludes halogenated alkanes) is 1. The summed E-state index contributed by atoms with van der Waals surface area (Å²) < 4.78 is 4.56. The van der Waals surface area contributed by atoms with E-state index in [1.807, 2.05) is 0 Å². The van der Waals surface area contributed by atoms with Crippen LogP contribution in [0.3, 0.4) is 0 Å². The van der Waals surface area contributed by atoms with Crippen LogP contribution in [0, 0.1) is 0 Å². The minimum atomic E-state index is -0.699. The van der Waals surface area contributed by atoms with E-state index in [0.29, 0.717) is 6.61 Å². The van der Waals surface area contributed by atoms with Crippen molar-refractivity contribution in [3.8, 4) is 0 Å². The van der Waals surface area contributed by atoms with Crippen LogP contribution in [0.25, 0.3) is 0 Å². The van der Waals surface area contributed by atoms with Crippen molar-refractivity contribution in [2.24, 2.45) is 11.5 Å². The highest BCUT2D eigenvalue weighted by Gasteiger charge is 1.98. The molecule has 1 unspecified atom stereocenters. The molecule has 0 aliphatic heterocycles. The highest BCUT2D eigenvalue weighted by Crippen LogP contribution is 2.01. The molecule has 0 spiro atoms. The van der Waals surface area contributed by atoms with Crippen molar-refractivity contribution in [1.82, 2.24) is 0 Å². The van der Waals surface area contributed by atoms with E-state index in [0.717, 1.165) is 25.7 Å². The second kappa shape index (κ2) is 6.91. The molecular formula is C8H18N2O2. The fourth-order valence-electron chi connectivity index (χ4n) is 0.885. The molecule has 0 aromatic rings. The number of primary amides is 1. The zero-order valence-electron chi connectivity index (χ0n) is 7.58. The largest absolute Gasteiger partial charge is 0.450 e. The summed E-state index contributed by atoms with van der Waals surface area (Å²) in [7, 11) is 0. The molecule has 0 saturated carbocycles. The van der Waals surface area contributed by atoms with Gasteiger partial charge in [-0.15, -0.1) is 0 Å². The summed E-state index contributed by atoms with van der Waals surface area (Å²) in [5.74, 6) is 0. The van der Waals surface area contributed by atoms with Gasteiger partial charge in [0.2, 0.25) is 0 Å². The molecule has 1 atom stereocenters. The molecule has 0 saturated heterocycles. The second-order valence-electron chi connectivity index (χ2n) is 2.83. The van der Waals surface area contributed by atoms with Gasteiger partial charge in [0, 0.05) is 6.04 Å². The third-order valence-corrected chi connectivity index (χ3v) is 1.74. The minimum absolute atomic E-state index is 0.276. The van der Waals surface area contributed by atoms with Crippen LogP contribution in [0.15, 0.2) is 0 Å². The van der Waals surface area contributed by atoms with Gasteiger partial charge in [0.25, 0.3) is 0 Å². The lowest BCUT2D eigenvalue weighted by Gasteiger charge is -2.07. The van der Waals surface area contributed by atoms with Gasteiger partial charge < -0.3 is 16.2 Å². The summed E-state index contributed by atoms with van der Waals surface area (Å²) in [5, 5.41) is 0. The van der Waals surface area contributed by atoms with Crippen LogP contribution in [0.5, 0.6) is 0 Å². The molecule has 0 aliphatic rings. The number of ether oxygens (including phenoxy) is 1. The monoisotopic (exact) mass is 174 g/mol. The molecule has 0 fully saturated rings. The molecule has 12 heavy (non-hydrogen) atoms. The molecule has 0 aromatic carbocycles. The number of carbonyl (C=O) groups excluding carboxylic acids is 1. The van der Waals surface area contributed by atoms with Crippen molar-refractivity contribution in [3.63, 3.8) is 0 Å². The summed E-state index contributed by atoms with van der Waals surface area (Å²) in [6.45, 7) is 2.47. The van der Waals surface area contributed by atoms with Gasteiger partial charge in [-0.2, -0.15) is 0 Å². The summed E-state index contributed by atoms with van der Waals surface area (Å²) in [6.07, 6.45) is 3.11. The summed E-state index contributed by atoms with van der Waals surface area (Å²) >= 11 is 0. The molecule has 72 valence electrons. The van der Waals surface area contributed by atoms with E-state index < -0.39 is 6.09 Å². The Hall–Kier alpha value is -0.770. The van der Waals surface area contributed by atoms with Gasteiger partial charge in [-0.3, -0.25) is 0 Å². The SMILES string of the molecule is CCC(N)CCCCOC(N)=O. The maximum Gasteiger partial charge on any atom is 0.404 e. The lowest BCUT2D eigenvalue weighted by molar-refractivity contribution is 0.154. The smallest absolute Gasteiger partial charge is 0.404 e.